The molecule has 1 heterocycles. The highest BCUT2D eigenvalue weighted by molar-refractivity contribution is 9.11. The van der Waals surface area contributed by atoms with E-state index in [0.29, 0.717) is 10.9 Å². The third-order valence-electron chi connectivity index (χ3n) is 2.45. The minimum absolute atomic E-state index is 0.139. The van der Waals surface area contributed by atoms with Crippen LogP contribution in [0.4, 0.5) is 0 Å². The van der Waals surface area contributed by atoms with Crippen molar-refractivity contribution in [1.82, 2.24) is 9.55 Å². The van der Waals surface area contributed by atoms with Crippen LogP contribution >= 0.6 is 31.9 Å². The minimum Gasteiger partial charge on any atom is -0.465 e. The molecule has 1 aromatic carbocycles. The van der Waals surface area contributed by atoms with Crippen molar-refractivity contribution in [2.24, 2.45) is 0 Å². The maximum absolute atomic E-state index is 12.2. The molecule has 0 N–H and O–H groups in total. The van der Waals surface area contributed by atoms with Crippen LogP contribution in [0, 0.1) is 0 Å². The second-order valence-corrected chi connectivity index (χ2v) is 5.54. The van der Waals surface area contributed by atoms with Gasteiger partial charge in [0, 0.05) is 8.95 Å². The van der Waals surface area contributed by atoms with Crippen LogP contribution in [-0.2, 0) is 16.1 Å². The highest BCUT2D eigenvalue weighted by Crippen LogP contribution is 2.24. The normalized spacial score (nSPS) is 10.7. The highest BCUT2D eigenvalue weighted by atomic mass is 79.9. The number of hydrogen-bond acceptors (Lipinski definition) is 4. The summed E-state index contributed by atoms with van der Waals surface area (Å²) in [7, 11) is 0. The molecular weight excluding hydrogens is 380 g/mol. The Bertz CT molecular complexity index is 697. The van der Waals surface area contributed by atoms with Gasteiger partial charge in [-0.25, -0.2) is 4.98 Å². The SMILES string of the molecule is CCOC(=O)Cn1cnc2c(Br)cc(Br)cc2c1=O. The lowest BCUT2D eigenvalue weighted by molar-refractivity contribution is -0.143. The zero-order chi connectivity index (χ0) is 14.0. The molecule has 0 bridgehead atoms. The van der Waals surface area contributed by atoms with Gasteiger partial charge in [0.25, 0.3) is 5.56 Å². The molecule has 19 heavy (non-hydrogen) atoms. The zero-order valence-corrected chi connectivity index (χ0v) is 13.2. The van der Waals surface area contributed by atoms with E-state index in [0.717, 1.165) is 8.95 Å². The number of halogens is 2. The number of carbonyl (C=O) groups is 1. The fraction of sp³-hybridized carbons (Fsp3) is 0.250. The summed E-state index contributed by atoms with van der Waals surface area (Å²) in [5, 5.41) is 0.438. The number of nitrogens with zero attached hydrogens (tertiary/aromatic N) is 2. The lowest BCUT2D eigenvalue weighted by Gasteiger charge is -2.07. The standard InChI is InChI=1S/C12H10Br2N2O3/c1-2-19-10(17)5-16-6-15-11-8(12(16)18)3-7(13)4-9(11)14/h3-4,6H,2,5H2,1H3. The monoisotopic (exact) mass is 388 g/mol. The molecule has 0 amide bonds. The van der Waals surface area contributed by atoms with E-state index in [9.17, 15) is 9.59 Å². The summed E-state index contributed by atoms with van der Waals surface area (Å²) in [5.41, 5.74) is 0.286. The maximum Gasteiger partial charge on any atom is 0.326 e. The van der Waals surface area contributed by atoms with Crippen molar-refractivity contribution < 1.29 is 9.53 Å². The predicted octanol–water partition coefficient (Wildman–Crippen LogP) is 2.48. The van der Waals surface area contributed by atoms with Gasteiger partial charge < -0.3 is 4.74 Å². The first kappa shape index (κ1) is 14.2. The number of carbonyl (C=O) groups excluding carboxylic acids is 1. The molecule has 0 saturated carbocycles. The van der Waals surface area contributed by atoms with Crippen LogP contribution in [0.25, 0.3) is 10.9 Å². The van der Waals surface area contributed by atoms with Gasteiger partial charge in [0.05, 0.1) is 23.8 Å². The predicted molar refractivity (Wildman–Crippen MR) is 78.0 cm³/mol. The Labute approximate surface area is 125 Å². The summed E-state index contributed by atoms with van der Waals surface area (Å²) in [6.07, 6.45) is 1.35. The molecule has 0 atom stereocenters. The molecular formula is C12H10Br2N2O3. The quantitative estimate of drug-likeness (QED) is 0.756. The van der Waals surface area contributed by atoms with E-state index in [1.54, 1.807) is 13.0 Å². The highest BCUT2D eigenvalue weighted by Gasteiger charge is 2.11. The molecule has 0 unspecified atom stereocenters. The summed E-state index contributed by atoms with van der Waals surface area (Å²) < 4.78 is 7.53. The van der Waals surface area contributed by atoms with Crippen molar-refractivity contribution in [3.8, 4) is 0 Å². The molecule has 0 aliphatic rings. The summed E-state index contributed by atoms with van der Waals surface area (Å²) in [5.74, 6) is -0.459. The zero-order valence-electron chi connectivity index (χ0n) is 10.0. The van der Waals surface area contributed by atoms with Gasteiger partial charge in [-0.05, 0) is 35.0 Å². The van der Waals surface area contributed by atoms with Crippen molar-refractivity contribution in [3.63, 3.8) is 0 Å². The first-order valence-corrected chi connectivity index (χ1v) is 7.11. The van der Waals surface area contributed by atoms with Crippen LogP contribution in [0.1, 0.15) is 6.92 Å². The second kappa shape index (κ2) is 5.83. The van der Waals surface area contributed by atoms with Crippen molar-refractivity contribution in [1.29, 1.82) is 0 Å². The summed E-state index contributed by atoms with van der Waals surface area (Å²) >= 11 is 6.67. The molecule has 0 aliphatic heterocycles. The molecule has 7 heteroatoms. The summed E-state index contributed by atoms with van der Waals surface area (Å²) in [6.45, 7) is 1.86. The Morgan fingerprint density at radius 2 is 2.16 bits per heavy atom. The Balaban J connectivity index is 2.52. The average molecular weight is 390 g/mol. The molecule has 2 aromatic rings. The molecule has 0 saturated heterocycles. The second-order valence-electron chi connectivity index (χ2n) is 3.77. The van der Waals surface area contributed by atoms with Gasteiger partial charge in [-0.15, -0.1) is 0 Å². The van der Waals surface area contributed by atoms with E-state index in [1.165, 1.54) is 10.9 Å². The molecule has 100 valence electrons. The van der Waals surface area contributed by atoms with Gasteiger partial charge in [-0.2, -0.15) is 0 Å². The van der Waals surface area contributed by atoms with Crippen molar-refractivity contribution in [3.05, 3.63) is 37.8 Å². The first-order chi connectivity index (χ1) is 9.02. The summed E-state index contributed by atoms with van der Waals surface area (Å²) in [4.78, 5) is 27.8. The van der Waals surface area contributed by atoms with Crippen molar-refractivity contribution in [2.45, 2.75) is 13.5 Å². The van der Waals surface area contributed by atoms with E-state index in [2.05, 4.69) is 36.8 Å². The van der Waals surface area contributed by atoms with Crippen LogP contribution in [-0.4, -0.2) is 22.1 Å². The molecule has 0 fully saturated rings. The van der Waals surface area contributed by atoms with Gasteiger partial charge in [0.15, 0.2) is 0 Å². The lowest BCUT2D eigenvalue weighted by Crippen LogP contribution is -2.25. The molecule has 1 aromatic heterocycles. The average Bonchev–Trinajstić information content (AvgIpc) is 2.33. The molecule has 0 spiro atoms. The van der Waals surface area contributed by atoms with E-state index >= 15 is 0 Å². The summed E-state index contributed by atoms with van der Waals surface area (Å²) in [6, 6.07) is 3.49. The first-order valence-electron chi connectivity index (χ1n) is 5.52. The van der Waals surface area contributed by atoms with Gasteiger partial charge in [0.2, 0.25) is 0 Å². The van der Waals surface area contributed by atoms with Gasteiger partial charge in [-0.3, -0.25) is 14.2 Å². The van der Waals surface area contributed by atoms with E-state index < -0.39 is 5.97 Å². The van der Waals surface area contributed by atoms with Crippen LogP contribution in [0.2, 0.25) is 0 Å². The third-order valence-corrected chi connectivity index (χ3v) is 3.51. The fourth-order valence-electron chi connectivity index (χ4n) is 1.65. The van der Waals surface area contributed by atoms with Gasteiger partial charge in [-0.1, -0.05) is 15.9 Å². The van der Waals surface area contributed by atoms with E-state index in [4.69, 9.17) is 4.74 Å². The largest absolute Gasteiger partial charge is 0.465 e. The number of rotatable bonds is 3. The number of benzene rings is 1. The minimum atomic E-state index is -0.459. The van der Waals surface area contributed by atoms with Crippen molar-refractivity contribution in [2.75, 3.05) is 6.61 Å². The lowest BCUT2D eigenvalue weighted by atomic mass is 10.2. The van der Waals surface area contributed by atoms with Crippen LogP contribution < -0.4 is 5.56 Å². The molecule has 0 aliphatic carbocycles. The van der Waals surface area contributed by atoms with Gasteiger partial charge in [0.1, 0.15) is 6.54 Å². The Morgan fingerprint density at radius 3 is 2.84 bits per heavy atom. The smallest absolute Gasteiger partial charge is 0.326 e. The third kappa shape index (κ3) is 3.03. The fourth-order valence-corrected chi connectivity index (χ4v) is 2.98. The number of ether oxygens (including phenoxy) is 1. The number of aromatic nitrogens is 2. The molecule has 2 rings (SSSR count). The van der Waals surface area contributed by atoms with Gasteiger partial charge >= 0.3 is 5.97 Å². The van der Waals surface area contributed by atoms with Crippen LogP contribution in [0.15, 0.2) is 32.2 Å². The molecule has 0 radical (unpaired) electrons. The van der Waals surface area contributed by atoms with E-state index in [-0.39, 0.29) is 18.7 Å². The number of esters is 1. The molecule has 5 nitrogen and oxygen atoms in total. The Kier molecular flexibility index (Phi) is 4.36. The Morgan fingerprint density at radius 1 is 1.42 bits per heavy atom. The van der Waals surface area contributed by atoms with Crippen molar-refractivity contribution >= 4 is 48.7 Å². The Hall–Kier alpha value is -1.21. The van der Waals surface area contributed by atoms with Crippen LogP contribution in [0.3, 0.4) is 0 Å². The van der Waals surface area contributed by atoms with E-state index in [1.807, 2.05) is 6.07 Å². The maximum atomic E-state index is 12.2. The topological polar surface area (TPSA) is 61.2 Å². The van der Waals surface area contributed by atoms with Crippen LogP contribution in [0.5, 0.6) is 0 Å². The number of fused-ring (bicyclic) bond motifs is 1. The number of hydrogen-bond donors (Lipinski definition) is 0.